The highest BCUT2D eigenvalue weighted by molar-refractivity contribution is 5.75. The fraction of sp³-hybridized carbons (Fsp3) is 0.609. The molecule has 8 heteroatoms. The molecule has 3 heterocycles. The molecule has 0 saturated carbocycles. The summed E-state index contributed by atoms with van der Waals surface area (Å²) in [6.07, 6.45) is 4.92. The number of piperazine rings is 1. The molecule has 2 aromatic rings. The molecule has 0 radical (unpaired) electrons. The summed E-state index contributed by atoms with van der Waals surface area (Å²) >= 11 is 0. The molecule has 2 aliphatic heterocycles. The Balaban J connectivity index is 1.16. The van der Waals surface area contributed by atoms with Gasteiger partial charge in [0, 0.05) is 51.4 Å². The molecule has 1 saturated heterocycles. The summed E-state index contributed by atoms with van der Waals surface area (Å²) in [6.45, 7) is 8.59. The first-order chi connectivity index (χ1) is 15.1. The third kappa shape index (κ3) is 5.55. The molecular formula is C23H34N6O2. The van der Waals surface area contributed by atoms with E-state index < -0.39 is 0 Å². The molecule has 4 rings (SSSR count). The molecule has 0 bridgehead atoms. The van der Waals surface area contributed by atoms with Crippen molar-refractivity contribution in [3.8, 4) is 0 Å². The Morgan fingerprint density at radius 3 is 2.74 bits per heavy atom. The minimum atomic E-state index is -0.154. The van der Waals surface area contributed by atoms with Gasteiger partial charge in [0.25, 0.3) is 0 Å². The molecule has 1 fully saturated rings. The summed E-state index contributed by atoms with van der Waals surface area (Å²) in [5.41, 5.74) is 2.45. The van der Waals surface area contributed by atoms with Gasteiger partial charge in [-0.15, -0.1) is 0 Å². The van der Waals surface area contributed by atoms with Crippen LogP contribution in [-0.2, 0) is 24.3 Å². The van der Waals surface area contributed by atoms with E-state index in [-0.39, 0.29) is 18.1 Å². The maximum absolute atomic E-state index is 12.5. The second-order valence-electron chi connectivity index (χ2n) is 8.69. The molecule has 1 amide bonds. The number of aryl methyl sites for hydroxylation is 2. The quantitative estimate of drug-likeness (QED) is 0.678. The van der Waals surface area contributed by atoms with E-state index in [1.54, 1.807) is 4.57 Å². The first kappa shape index (κ1) is 21.6. The summed E-state index contributed by atoms with van der Waals surface area (Å²) in [6, 6.07) is 8.68. The first-order valence-corrected chi connectivity index (χ1v) is 11.6. The van der Waals surface area contributed by atoms with Gasteiger partial charge < -0.3 is 10.2 Å². The van der Waals surface area contributed by atoms with Crippen LogP contribution in [-0.4, -0.2) is 64.4 Å². The third-order valence-corrected chi connectivity index (χ3v) is 6.29. The van der Waals surface area contributed by atoms with Crippen molar-refractivity contribution in [3.05, 3.63) is 46.1 Å². The van der Waals surface area contributed by atoms with Crippen molar-refractivity contribution in [3.63, 3.8) is 0 Å². The topological polar surface area (TPSA) is 75.4 Å². The van der Waals surface area contributed by atoms with Crippen LogP contribution in [0.15, 0.2) is 29.1 Å². The fourth-order valence-corrected chi connectivity index (χ4v) is 4.51. The molecule has 0 spiro atoms. The van der Waals surface area contributed by atoms with Crippen molar-refractivity contribution >= 4 is 11.6 Å². The standard InChI is InChI=1S/C23H34N6O2/c1-19-7-5-8-20(17-19)27-15-13-26(14-16-27)11-6-10-24-22(30)18-29-23(31)28-12-4-2-3-9-21(28)25-29/h5,7-8,17H,2-4,6,9-16,18H2,1H3,(H,24,30). The number of fused-ring (bicyclic) bond motifs is 1. The number of rotatable bonds is 7. The van der Waals surface area contributed by atoms with Gasteiger partial charge in [0.15, 0.2) is 0 Å². The minimum absolute atomic E-state index is 0.00794. The number of hydrogen-bond donors (Lipinski definition) is 1. The van der Waals surface area contributed by atoms with Gasteiger partial charge in [-0.25, -0.2) is 9.48 Å². The summed E-state index contributed by atoms with van der Waals surface area (Å²) in [7, 11) is 0. The summed E-state index contributed by atoms with van der Waals surface area (Å²) in [5, 5.41) is 7.33. The molecule has 0 aliphatic carbocycles. The number of amides is 1. The number of carbonyl (C=O) groups is 1. The lowest BCUT2D eigenvalue weighted by Crippen LogP contribution is -2.47. The SMILES string of the molecule is Cc1cccc(N2CCN(CCCNC(=O)Cn3nc4n(c3=O)CCCCC4)CC2)c1. The molecule has 1 N–H and O–H groups in total. The zero-order chi connectivity index (χ0) is 21.6. The van der Waals surface area contributed by atoms with E-state index in [0.717, 1.165) is 70.7 Å². The van der Waals surface area contributed by atoms with Crippen LogP contribution < -0.4 is 15.9 Å². The average molecular weight is 427 g/mol. The van der Waals surface area contributed by atoms with Crippen LogP contribution in [0.25, 0.3) is 0 Å². The van der Waals surface area contributed by atoms with Crippen LogP contribution in [0, 0.1) is 6.92 Å². The van der Waals surface area contributed by atoms with Crippen molar-refractivity contribution < 1.29 is 4.79 Å². The average Bonchev–Trinajstić information content (AvgIpc) is 2.93. The number of hydrogen-bond acceptors (Lipinski definition) is 5. The molecule has 0 atom stereocenters. The van der Waals surface area contributed by atoms with E-state index in [2.05, 4.69) is 51.4 Å². The lowest BCUT2D eigenvalue weighted by atomic mass is 10.2. The van der Waals surface area contributed by atoms with Gasteiger partial charge >= 0.3 is 5.69 Å². The molecule has 1 aromatic heterocycles. The Bertz CT molecular complexity index is 942. The summed E-state index contributed by atoms with van der Waals surface area (Å²) in [5.74, 6) is 0.680. The van der Waals surface area contributed by atoms with E-state index in [9.17, 15) is 9.59 Å². The van der Waals surface area contributed by atoms with Crippen LogP contribution in [0.3, 0.4) is 0 Å². The zero-order valence-electron chi connectivity index (χ0n) is 18.6. The van der Waals surface area contributed by atoms with Crippen molar-refractivity contribution in [2.75, 3.05) is 44.2 Å². The van der Waals surface area contributed by atoms with E-state index in [1.165, 1.54) is 15.9 Å². The second kappa shape index (κ2) is 10.1. The molecular weight excluding hydrogens is 392 g/mol. The van der Waals surface area contributed by atoms with Crippen LogP contribution in [0.4, 0.5) is 5.69 Å². The van der Waals surface area contributed by atoms with Gasteiger partial charge in [-0.05, 0) is 50.4 Å². The Morgan fingerprint density at radius 1 is 1.10 bits per heavy atom. The number of benzene rings is 1. The fourth-order valence-electron chi connectivity index (χ4n) is 4.51. The Hall–Kier alpha value is -2.61. The highest BCUT2D eigenvalue weighted by Gasteiger charge is 2.18. The number of nitrogens with one attached hydrogen (secondary N) is 1. The number of nitrogens with zero attached hydrogens (tertiary/aromatic N) is 5. The van der Waals surface area contributed by atoms with Crippen molar-refractivity contribution in [2.24, 2.45) is 0 Å². The number of aromatic nitrogens is 3. The molecule has 168 valence electrons. The monoisotopic (exact) mass is 426 g/mol. The van der Waals surface area contributed by atoms with Gasteiger partial charge in [-0.1, -0.05) is 18.6 Å². The van der Waals surface area contributed by atoms with Crippen LogP contribution in [0.2, 0.25) is 0 Å². The summed E-state index contributed by atoms with van der Waals surface area (Å²) in [4.78, 5) is 29.6. The Kier molecular flexibility index (Phi) is 7.06. The van der Waals surface area contributed by atoms with Crippen molar-refractivity contribution in [1.29, 1.82) is 0 Å². The van der Waals surface area contributed by atoms with Crippen LogP contribution in [0.5, 0.6) is 0 Å². The predicted octanol–water partition coefficient (Wildman–Crippen LogP) is 1.41. The zero-order valence-corrected chi connectivity index (χ0v) is 18.6. The lowest BCUT2D eigenvalue weighted by Gasteiger charge is -2.36. The number of carbonyl (C=O) groups excluding carboxylic acids is 1. The van der Waals surface area contributed by atoms with Crippen molar-refractivity contribution in [1.82, 2.24) is 24.6 Å². The smallest absolute Gasteiger partial charge is 0.346 e. The minimum Gasteiger partial charge on any atom is -0.369 e. The molecule has 0 unspecified atom stereocenters. The highest BCUT2D eigenvalue weighted by Crippen LogP contribution is 2.17. The molecule has 31 heavy (non-hydrogen) atoms. The normalized spacial score (nSPS) is 17.3. The Labute approximate surface area is 183 Å². The maximum Gasteiger partial charge on any atom is 0.346 e. The molecule has 2 aliphatic rings. The van der Waals surface area contributed by atoms with Gasteiger partial charge in [0.2, 0.25) is 5.91 Å². The van der Waals surface area contributed by atoms with Gasteiger partial charge in [-0.3, -0.25) is 14.3 Å². The highest BCUT2D eigenvalue weighted by atomic mass is 16.2. The Morgan fingerprint density at radius 2 is 1.94 bits per heavy atom. The first-order valence-electron chi connectivity index (χ1n) is 11.6. The van der Waals surface area contributed by atoms with Gasteiger partial charge in [0.05, 0.1) is 0 Å². The second-order valence-corrected chi connectivity index (χ2v) is 8.69. The van der Waals surface area contributed by atoms with Gasteiger partial charge in [0.1, 0.15) is 12.4 Å². The lowest BCUT2D eigenvalue weighted by molar-refractivity contribution is -0.121. The van der Waals surface area contributed by atoms with Crippen molar-refractivity contribution in [2.45, 2.75) is 52.1 Å². The number of anilines is 1. The third-order valence-electron chi connectivity index (χ3n) is 6.29. The maximum atomic E-state index is 12.5. The van der Waals surface area contributed by atoms with E-state index in [1.807, 2.05) is 0 Å². The predicted molar refractivity (Wildman–Crippen MR) is 122 cm³/mol. The van der Waals surface area contributed by atoms with E-state index in [4.69, 9.17) is 0 Å². The molecule has 1 aromatic carbocycles. The summed E-state index contributed by atoms with van der Waals surface area (Å²) < 4.78 is 3.05. The van der Waals surface area contributed by atoms with E-state index in [0.29, 0.717) is 13.1 Å². The largest absolute Gasteiger partial charge is 0.369 e. The molecule has 8 nitrogen and oxygen atoms in total. The van der Waals surface area contributed by atoms with Crippen LogP contribution >= 0.6 is 0 Å². The van der Waals surface area contributed by atoms with Crippen LogP contribution in [0.1, 0.15) is 37.1 Å². The van der Waals surface area contributed by atoms with Gasteiger partial charge in [-0.2, -0.15) is 5.10 Å². The van der Waals surface area contributed by atoms with E-state index >= 15 is 0 Å².